The highest BCUT2D eigenvalue weighted by Crippen LogP contribution is 2.33. The van der Waals surface area contributed by atoms with Crippen molar-refractivity contribution in [1.82, 2.24) is 9.78 Å². The highest BCUT2D eigenvalue weighted by molar-refractivity contribution is 7.20. The van der Waals surface area contributed by atoms with Gasteiger partial charge in [-0.05, 0) is 50.1 Å². The molecule has 0 saturated heterocycles. The molecule has 156 valence electrons. The van der Waals surface area contributed by atoms with Gasteiger partial charge in [0.2, 0.25) is 0 Å². The van der Waals surface area contributed by atoms with Crippen LogP contribution in [0.1, 0.15) is 27.9 Å². The molecule has 5 rings (SSSR count). The Hall–Kier alpha value is -3.45. The first-order valence-electron chi connectivity index (χ1n) is 10.1. The number of esters is 1. The highest BCUT2D eigenvalue weighted by Gasteiger charge is 2.31. The van der Waals surface area contributed by atoms with E-state index in [0.717, 1.165) is 39.3 Å². The number of hydrogen-bond acceptors (Lipinski definition) is 5. The molecule has 0 N–H and O–H groups in total. The molecule has 0 bridgehead atoms. The maximum absolute atomic E-state index is 12.8. The largest absolute Gasteiger partial charge is 0.451 e. The third kappa shape index (κ3) is 3.41. The van der Waals surface area contributed by atoms with Crippen LogP contribution in [0.4, 0.5) is 5.69 Å². The molecule has 0 saturated carbocycles. The van der Waals surface area contributed by atoms with E-state index in [1.165, 1.54) is 11.3 Å². The number of amides is 1. The average molecular weight is 432 g/mol. The van der Waals surface area contributed by atoms with Gasteiger partial charge in [0.1, 0.15) is 9.71 Å². The molecule has 1 unspecified atom stereocenters. The number of anilines is 1. The number of para-hydroxylation sites is 2. The second-order valence-corrected chi connectivity index (χ2v) is 8.71. The van der Waals surface area contributed by atoms with Crippen LogP contribution in [0.3, 0.4) is 0 Å². The van der Waals surface area contributed by atoms with Crippen molar-refractivity contribution in [2.45, 2.75) is 26.3 Å². The molecule has 0 fully saturated rings. The van der Waals surface area contributed by atoms with E-state index in [2.05, 4.69) is 5.10 Å². The SMILES string of the molecule is Cc1nn(-c2ccccc2)c2sc(C(=O)OCC(=O)N3c4ccccc4CC3C)cc12. The molecular weight excluding hydrogens is 410 g/mol. The Balaban J connectivity index is 1.34. The quantitative estimate of drug-likeness (QED) is 0.446. The molecule has 0 radical (unpaired) electrons. The third-order valence-electron chi connectivity index (χ3n) is 5.55. The van der Waals surface area contributed by atoms with Gasteiger partial charge in [0, 0.05) is 17.1 Å². The molecule has 1 aliphatic rings. The molecule has 0 aliphatic carbocycles. The maximum Gasteiger partial charge on any atom is 0.348 e. The molecule has 6 nitrogen and oxygen atoms in total. The van der Waals surface area contributed by atoms with E-state index in [9.17, 15) is 9.59 Å². The molecule has 31 heavy (non-hydrogen) atoms. The summed E-state index contributed by atoms with van der Waals surface area (Å²) in [5, 5.41) is 5.50. The first kappa shape index (κ1) is 19.5. The average Bonchev–Trinajstić information content (AvgIpc) is 3.44. The topological polar surface area (TPSA) is 64.4 Å². The summed E-state index contributed by atoms with van der Waals surface area (Å²) in [6, 6.07) is 19.5. The fourth-order valence-electron chi connectivity index (χ4n) is 4.11. The van der Waals surface area contributed by atoms with E-state index in [1.807, 2.05) is 73.1 Å². The van der Waals surface area contributed by atoms with E-state index in [4.69, 9.17) is 4.74 Å². The summed E-state index contributed by atoms with van der Waals surface area (Å²) in [7, 11) is 0. The summed E-state index contributed by atoms with van der Waals surface area (Å²) in [5.74, 6) is -0.702. The summed E-state index contributed by atoms with van der Waals surface area (Å²) in [4.78, 5) is 28.6. The fraction of sp³-hybridized carbons (Fsp3) is 0.208. The molecule has 1 aliphatic heterocycles. The van der Waals surface area contributed by atoms with Crippen molar-refractivity contribution >= 4 is 39.1 Å². The molecule has 0 spiro atoms. The highest BCUT2D eigenvalue weighted by atomic mass is 32.1. The Morgan fingerprint density at radius 1 is 1.13 bits per heavy atom. The Morgan fingerprint density at radius 3 is 2.68 bits per heavy atom. The van der Waals surface area contributed by atoms with Crippen molar-refractivity contribution in [1.29, 1.82) is 0 Å². The first-order valence-corrected chi connectivity index (χ1v) is 11.0. The van der Waals surface area contributed by atoms with Gasteiger partial charge in [-0.1, -0.05) is 36.4 Å². The lowest BCUT2D eigenvalue weighted by Gasteiger charge is -2.22. The van der Waals surface area contributed by atoms with Crippen LogP contribution in [-0.4, -0.2) is 34.3 Å². The number of carbonyl (C=O) groups is 2. The number of hydrogen-bond donors (Lipinski definition) is 0. The van der Waals surface area contributed by atoms with Crippen LogP contribution in [-0.2, 0) is 16.0 Å². The minimum Gasteiger partial charge on any atom is -0.451 e. The van der Waals surface area contributed by atoms with E-state index in [-0.39, 0.29) is 18.6 Å². The number of ether oxygens (including phenoxy) is 1. The second kappa shape index (κ2) is 7.67. The van der Waals surface area contributed by atoms with Crippen LogP contribution in [0.5, 0.6) is 0 Å². The van der Waals surface area contributed by atoms with E-state index in [0.29, 0.717) is 4.88 Å². The van der Waals surface area contributed by atoms with Crippen LogP contribution in [0.2, 0.25) is 0 Å². The van der Waals surface area contributed by atoms with Gasteiger partial charge in [-0.3, -0.25) is 4.79 Å². The molecule has 2 aromatic carbocycles. The molecule has 1 atom stereocenters. The van der Waals surface area contributed by atoms with Crippen molar-refractivity contribution < 1.29 is 14.3 Å². The van der Waals surface area contributed by atoms with Crippen LogP contribution in [0.25, 0.3) is 15.9 Å². The fourth-order valence-corrected chi connectivity index (χ4v) is 5.18. The molecule has 4 aromatic rings. The number of benzene rings is 2. The lowest BCUT2D eigenvalue weighted by atomic mass is 10.1. The predicted octanol–water partition coefficient (Wildman–Crippen LogP) is 4.53. The van der Waals surface area contributed by atoms with Gasteiger partial charge in [-0.2, -0.15) is 5.10 Å². The molecule has 1 amide bonds. The Morgan fingerprint density at radius 2 is 1.87 bits per heavy atom. The normalized spacial score (nSPS) is 15.3. The number of thiophene rings is 1. The number of aromatic nitrogens is 2. The lowest BCUT2D eigenvalue weighted by Crippen LogP contribution is -2.38. The third-order valence-corrected chi connectivity index (χ3v) is 6.64. The molecule has 2 aromatic heterocycles. The summed E-state index contributed by atoms with van der Waals surface area (Å²) >= 11 is 1.32. The van der Waals surface area contributed by atoms with E-state index >= 15 is 0 Å². The zero-order valence-electron chi connectivity index (χ0n) is 17.2. The maximum atomic E-state index is 12.8. The van der Waals surface area contributed by atoms with Crippen LogP contribution < -0.4 is 4.90 Å². The van der Waals surface area contributed by atoms with Gasteiger partial charge in [-0.25, -0.2) is 9.48 Å². The Labute approximate surface area is 183 Å². The number of rotatable bonds is 4. The molecule has 3 heterocycles. The standard InChI is InChI=1S/C24H21N3O3S/c1-15-12-17-8-6-7-11-20(17)26(15)22(28)14-30-24(29)21-13-19-16(2)25-27(23(19)31-21)18-9-4-3-5-10-18/h3-11,13,15H,12,14H2,1-2H3. The number of nitrogens with zero attached hydrogens (tertiary/aromatic N) is 3. The van der Waals surface area contributed by atoms with Gasteiger partial charge in [0.25, 0.3) is 5.91 Å². The monoisotopic (exact) mass is 431 g/mol. The van der Waals surface area contributed by atoms with Gasteiger partial charge in [-0.15, -0.1) is 11.3 Å². The lowest BCUT2D eigenvalue weighted by molar-refractivity contribution is -0.122. The number of fused-ring (bicyclic) bond motifs is 2. The predicted molar refractivity (Wildman–Crippen MR) is 121 cm³/mol. The van der Waals surface area contributed by atoms with Crippen LogP contribution in [0.15, 0.2) is 60.7 Å². The summed E-state index contributed by atoms with van der Waals surface area (Å²) < 4.78 is 7.23. The Bertz CT molecular complexity index is 1290. The van der Waals surface area contributed by atoms with Crippen molar-refractivity contribution in [2.75, 3.05) is 11.5 Å². The smallest absolute Gasteiger partial charge is 0.348 e. The van der Waals surface area contributed by atoms with E-state index in [1.54, 1.807) is 11.0 Å². The van der Waals surface area contributed by atoms with Crippen molar-refractivity contribution in [3.63, 3.8) is 0 Å². The zero-order chi connectivity index (χ0) is 21.5. The minimum atomic E-state index is -0.492. The Kier molecular flexibility index (Phi) is 4.82. The number of carbonyl (C=O) groups excluding carboxylic acids is 2. The minimum absolute atomic E-state index is 0.0485. The van der Waals surface area contributed by atoms with E-state index < -0.39 is 5.97 Å². The summed E-state index contributed by atoms with van der Waals surface area (Å²) in [5.41, 5.74) is 3.81. The van der Waals surface area contributed by atoms with Gasteiger partial charge in [0.15, 0.2) is 6.61 Å². The first-order chi connectivity index (χ1) is 15.0. The van der Waals surface area contributed by atoms with Crippen LogP contribution >= 0.6 is 11.3 Å². The van der Waals surface area contributed by atoms with Gasteiger partial charge >= 0.3 is 5.97 Å². The van der Waals surface area contributed by atoms with Gasteiger partial charge in [0.05, 0.1) is 11.4 Å². The van der Waals surface area contributed by atoms with Gasteiger partial charge < -0.3 is 9.64 Å². The molecule has 7 heteroatoms. The van der Waals surface area contributed by atoms with Crippen molar-refractivity contribution in [2.24, 2.45) is 0 Å². The molecular formula is C24H21N3O3S. The summed E-state index contributed by atoms with van der Waals surface area (Å²) in [6.07, 6.45) is 0.807. The van der Waals surface area contributed by atoms with Crippen molar-refractivity contribution in [3.8, 4) is 5.69 Å². The second-order valence-electron chi connectivity index (χ2n) is 7.68. The number of aryl methyl sites for hydroxylation is 1. The summed E-state index contributed by atoms with van der Waals surface area (Å²) in [6.45, 7) is 3.64. The zero-order valence-corrected chi connectivity index (χ0v) is 18.1. The van der Waals surface area contributed by atoms with Crippen molar-refractivity contribution in [3.05, 3.63) is 76.8 Å². The van der Waals surface area contributed by atoms with Crippen LogP contribution in [0, 0.1) is 6.92 Å².